The van der Waals surface area contributed by atoms with Gasteiger partial charge in [0.1, 0.15) is 0 Å². The Balaban J connectivity index is 1.57. The molecule has 2 heterocycles. The Bertz CT molecular complexity index is 433. The number of morpholine rings is 1. The van der Waals surface area contributed by atoms with Crippen LogP contribution in [-0.4, -0.2) is 41.4 Å². The van der Waals surface area contributed by atoms with Gasteiger partial charge in [-0.3, -0.25) is 4.90 Å². The van der Waals surface area contributed by atoms with Crippen molar-refractivity contribution in [3.63, 3.8) is 0 Å². The Morgan fingerprint density at radius 3 is 3.20 bits per heavy atom. The molecule has 5 heteroatoms. The summed E-state index contributed by atoms with van der Waals surface area (Å²) in [6, 6.07) is 3.12. The van der Waals surface area contributed by atoms with E-state index < -0.39 is 0 Å². The summed E-state index contributed by atoms with van der Waals surface area (Å²) in [6.45, 7) is 7.75. The number of nitrogens with zero attached hydrogens (tertiary/aromatic N) is 2. The van der Waals surface area contributed by atoms with Crippen molar-refractivity contribution < 1.29 is 9.26 Å². The molecule has 2 atom stereocenters. The lowest BCUT2D eigenvalue weighted by Gasteiger charge is -2.36. The summed E-state index contributed by atoms with van der Waals surface area (Å²) in [7, 11) is 0. The molecule has 5 nitrogen and oxygen atoms in total. The highest BCUT2D eigenvalue weighted by molar-refractivity contribution is 5.06. The first-order chi connectivity index (χ1) is 9.72. The van der Waals surface area contributed by atoms with Crippen LogP contribution in [0.4, 0.5) is 0 Å². The molecule has 1 aliphatic carbocycles. The fourth-order valence-corrected chi connectivity index (χ4v) is 3.22. The quantitative estimate of drug-likeness (QED) is 0.892. The second-order valence-electron chi connectivity index (χ2n) is 6.20. The topological polar surface area (TPSA) is 50.5 Å². The van der Waals surface area contributed by atoms with Crippen molar-refractivity contribution >= 4 is 0 Å². The summed E-state index contributed by atoms with van der Waals surface area (Å²) in [4.78, 5) is 2.50. The Labute approximate surface area is 120 Å². The lowest BCUT2D eigenvalue weighted by Crippen LogP contribution is -2.47. The Kier molecular flexibility index (Phi) is 4.38. The van der Waals surface area contributed by atoms with E-state index in [-0.39, 0.29) is 0 Å². The van der Waals surface area contributed by atoms with Gasteiger partial charge in [0.15, 0.2) is 5.76 Å². The van der Waals surface area contributed by atoms with E-state index in [1.165, 1.54) is 19.3 Å². The van der Waals surface area contributed by atoms with E-state index in [1.807, 2.05) is 0 Å². The number of hydrogen-bond acceptors (Lipinski definition) is 5. The van der Waals surface area contributed by atoms with Crippen molar-refractivity contribution in [3.05, 3.63) is 17.5 Å². The summed E-state index contributed by atoms with van der Waals surface area (Å²) in [5.41, 5.74) is 0.991. The molecule has 2 aliphatic rings. The molecule has 20 heavy (non-hydrogen) atoms. The summed E-state index contributed by atoms with van der Waals surface area (Å²) >= 11 is 0. The van der Waals surface area contributed by atoms with Crippen LogP contribution in [0.1, 0.15) is 44.6 Å². The molecule has 3 rings (SSSR count). The third-order valence-electron chi connectivity index (χ3n) is 4.26. The van der Waals surface area contributed by atoms with Gasteiger partial charge in [0.25, 0.3) is 0 Å². The van der Waals surface area contributed by atoms with Crippen molar-refractivity contribution in [1.29, 1.82) is 0 Å². The van der Waals surface area contributed by atoms with Crippen molar-refractivity contribution in [2.75, 3.05) is 13.2 Å². The maximum absolute atomic E-state index is 5.84. The van der Waals surface area contributed by atoms with Crippen LogP contribution < -0.4 is 5.32 Å². The monoisotopic (exact) mass is 279 g/mol. The van der Waals surface area contributed by atoms with Crippen LogP contribution in [0.5, 0.6) is 0 Å². The Morgan fingerprint density at radius 1 is 1.45 bits per heavy atom. The molecule has 1 N–H and O–H groups in total. The number of aromatic nitrogens is 1. The second-order valence-corrected chi connectivity index (χ2v) is 6.20. The molecule has 1 aromatic heterocycles. The number of rotatable bonds is 5. The Morgan fingerprint density at radius 2 is 2.35 bits per heavy atom. The molecule has 0 amide bonds. The van der Waals surface area contributed by atoms with E-state index in [0.29, 0.717) is 18.2 Å². The van der Waals surface area contributed by atoms with Gasteiger partial charge in [0.05, 0.1) is 24.9 Å². The predicted molar refractivity (Wildman–Crippen MR) is 76.3 cm³/mol. The van der Waals surface area contributed by atoms with E-state index in [0.717, 1.165) is 37.7 Å². The summed E-state index contributed by atoms with van der Waals surface area (Å²) in [6.07, 6.45) is 4.18. The number of nitrogens with one attached hydrogen (secondary N) is 1. The normalized spacial score (nSPS) is 27.1. The van der Waals surface area contributed by atoms with Gasteiger partial charge in [-0.2, -0.15) is 0 Å². The first kappa shape index (κ1) is 14.0. The molecule has 0 radical (unpaired) electrons. The zero-order chi connectivity index (χ0) is 13.9. The van der Waals surface area contributed by atoms with Gasteiger partial charge in [0, 0.05) is 31.2 Å². The maximum atomic E-state index is 5.84. The molecule has 1 aliphatic heterocycles. The first-order valence-corrected chi connectivity index (χ1v) is 7.76. The van der Waals surface area contributed by atoms with Crippen molar-refractivity contribution in [1.82, 2.24) is 15.4 Å². The lowest BCUT2D eigenvalue weighted by molar-refractivity contribution is -0.0610. The fraction of sp³-hybridized carbons (Fsp3) is 0.800. The van der Waals surface area contributed by atoms with Crippen LogP contribution >= 0.6 is 0 Å². The molecule has 0 bridgehead atoms. The van der Waals surface area contributed by atoms with Gasteiger partial charge in [-0.1, -0.05) is 19.0 Å². The second kappa shape index (κ2) is 6.24. The van der Waals surface area contributed by atoms with Gasteiger partial charge in [-0.05, 0) is 19.3 Å². The minimum atomic E-state index is 0.439. The van der Waals surface area contributed by atoms with Gasteiger partial charge in [-0.15, -0.1) is 0 Å². The summed E-state index contributed by atoms with van der Waals surface area (Å²) < 4.78 is 11.3. The van der Waals surface area contributed by atoms with Crippen molar-refractivity contribution in [3.8, 4) is 0 Å². The van der Waals surface area contributed by atoms with Crippen LogP contribution in [0, 0.1) is 0 Å². The SMILES string of the molecule is CC(C)NCc1cc(CN2CCOC3CCCC32)on1. The fourth-order valence-electron chi connectivity index (χ4n) is 3.22. The number of fused-ring (bicyclic) bond motifs is 1. The van der Waals surface area contributed by atoms with Crippen molar-refractivity contribution in [2.45, 2.75) is 64.4 Å². The zero-order valence-electron chi connectivity index (χ0n) is 12.5. The molecule has 0 aromatic carbocycles. The van der Waals surface area contributed by atoms with E-state index in [1.54, 1.807) is 0 Å². The molecule has 1 saturated heterocycles. The molecule has 2 fully saturated rings. The van der Waals surface area contributed by atoms with Gasteiger partial charge in [-0.25, -0.2) is 0 Å². The van der Waals surface area contributed by atoms with Gasteiger partial charge >= 0.3 is 0 Å². The number of hydrogen-bond donors (Lipinski definition) is 1. The highest BCUT2D eigenvalue weighted by Crippen LogP contribution is 2.30. The summed E-state index contributed by atoms with van der Waals surface area (Å²) in [5.74, 6) is 0.970. The molecular formula is C15H25N3O2. The van der Waals surface area contributed by atoms with Crippen LogP contribution in [0.3, 0.4) is 0 Å². The van der Waals surface area contributed by atoms with Crippen LogP contribution in [-0.2, 0) is 17.8 Å². The standard InChI is InChI=1S/C15H25N3O2/c1-11(2)16-9-12-8-13(20-17-12)10-18-6-7-19-15-5-3-4-14(15)18/h8,11,14-16H,3-7,9-10H2,1-2H3. The average molecular weight is 279 g/mol. The van der Waals surface area contributed by atoms with Gasteiger partial charge < -0.3 is 14.6 Å². The smallest absolute Gasteiger partial charge is 0.151 e. The minimum absolute atomic E-state index is 0.439. The molecular weight excluding hydrogens is 254 g/mol. The number of ether oxygens (including phenoxy) is 1. The highest BCUT2D eigenvalue weighted by atomic mass is 16.5. The van der Waals surface area contributed by atoms with E-state index >= 15 is 0 Å². The molecule has 2 unspecified atom stereocenters. The lowest BCUT2D eigenvalue weighted by atomic mass is 10.1. The van der Waals surface area contributed by atoms with Crippen LogP contribution in [0.2, 0.25) is 0 Å². The van der Waals surface area contributed by atoms with E-state index in [9.17, 15) is 0 Å². The predicted octanol–water partition coefficient (Wildman–Crippen LogP) is 1.93. The summed E-state index contributed by atoms with van der Waals surface area (Å²) in [5, 5.41) is 7.50. The minimum Gasteiger partial charge on any atom is -0.375 e. The highest BCUT2D eigenvalue weighted by Gasteiger charge is 2.36. The van der Waals surface area contributed by atoms with E-state index in [2.05, 4.69) is 35.3 Å². The van der Waals surface area contributed by atoms with Crippen molar-refractivity contribution in [2.24, 2.45) is 0 Å². The average Bonchev–Trinajstić information content (AvgIpc) is 3.05. The largest absolute Gasteiger partial charge is 0.375 e. The molecule has 1 aromatic rings. The maximum Gasteiger partial charge on any atom is 0.151 e. The molecule has 0 spiro atoms. The van der Waals surface area contributed by atoms with Crippen LogP contribution in [0.15, 0.2) is 10.6 Å². The molecule has 112 valence electrons. The van der Waals surface area contributed by atoms with Gasteiger partial charge in [0.2, 0.25) is 0 Å². The zero-order valence-corrected chi connectivity index (χ0v) is 12.5. The molecule has 1 saturated carbocycles. The third-order valence-corrected chi connectivity index (χ3v) is 4.26. The van der Waals surface area contributed by atoms with E-state index in [4.69, 9.17) is 9.26 Å². The Hall–Kier alpha value is -0.910. The first-order valence-electron chi connectivity index (χ1n) is 7.76. The van der Waals surface area contributed by atoms with Crippen LogP contribution in [0.25, 0.3) is 0 Å². The third kappa shape index (κ3) is 3.22.